The number of likely N-dealkylation sites (tertiary alicyclic amines) is 1. The fraction of sp³-hybridized carbons (Fsp3) is 0.712. The Morgan fingerprint density at radius 2 is 1.04 bits per heavy atom. The van der Waals surface area contributed by atoms with Gasteiger partial charge in [-0.3, -0.25) is 48.1 Å². The first kappa shape index (κ1) is 68.4. The Morgan fingerprint density at radius 1 is 0.538 bits per heavy atom. The number of likely N-dealkylation sites (N-methyl/N-ethyl adjacent to an activating group) is 1. The summed E-state index contributed by atoms with van der Waals surface area (Å²) >= 11 is 0. The third-order valence-electron chi connectivity index (χ3n) is 11.7. The predicted octanol–water partition coefficient (Wildman–Crippen LogP) is -1.48. The largest absolute Gasteiger partial charge is 0.377 e. The molecule has 7 N–H and O–H groups in total. The molecule has 0 saturated carbocycles. The lowest BCUT2D eigenvalue weighted by molar-refractivity contribution is -0.140. The van der Waals surface area contributed by atoms with Crippen molar-refractivity contribution in [3.63, 3.8) is 0 Å². The maximum absolute atomic E-state index is 12.9. The van der Waals surface area contributed by atoms with E-state index in [4.69, 9.17) is 42.6 Å². The van der Waals surface area contributed by atoms with Gasteiger partial charge in [0.15, 0.2) is 0 Å². The summed E-state index contributed by atoms with van der Waals surface area (Å²) in [6.07, 6.45) is 4.75. The number of ether oxygens (including phenoxy) is 9. The van der Waals surface area contributed by atoms with Crippen LogP contribution in [0.3, 0.4) is 0 Å². The van der Waals surface area contributed by atoms with E-state index in [1.165, 1.54) is 11.9 Å². The van der Waals surface area contributed by atoms with Crippen LogP contribution in [0.5, 0.6) is 0 Å². The number of carbonyl (C=O) groups is 9. The lowest BCUT2D eigenvalue weighted by Crippen LogP contribution is -2.52. The summed E-state index contributed by atoms with van der Waals surface area (Å²) in [5, 5.41) is 17.4. The standard InChI is InChI=1S/C52H86N8O18/c1-4-41(5-2)42-33-50(67)60(52(42)69)16-11-7-10-14-44(61)54-15-17-70-18-19-71-20-21-72-22-23-73-24-25-74-26-27-75-28-29-76-30-31-77-38-49(66)56-34-45(62)55-36-47(64)59-43(32-40-12-8-6-9-13-40)51(68)57-35-46(63)58-39-78-37-48(65)53-3/h6,8-9,12-13,41-43H,4-5,7,10-11,14-39H2,1-3H3,(H,53,65)(H,54,61)(H,55,62)(H,56,66)(H,57,68)(H,58,63)(H,59,64)/t42?,43-/m0/s1. The minimum Gasteiger partial charge on any atom is -0.377 e. The van der Waals surface area contributed by atoms with Crippen LogP contribution in [-0.2, 0) is 92.2 Å². The Morgan fingerprint density at radius 3 is 1.60 bits per heavy atom. The van der Waals surface area contributed by atoms with Gasteiger partial charge in [-0.15, -0.1) is 0 Å². The number of nitrogens with zero attached hydrogens (tertiary/aromatic N) is 1. The molecule has 1 aliphatic heterocycles. The summed E-state index contributed by atoms with van der Waals surface area (Å²) in [6.45, 7) is 8.17. The third kappa shape index (κ3) is 34.2. The number of amides is 9. The lowest BCUT2D eigenvalue weighted by atomic mass is 9.87. The summed E-state index contributed by atoms with van der Waals surface area (Å²) in [6, 6.07) is 7.77. The van der Waals surface area contributed by atoms with E-state index in [2.05, 4.69) is 51.1 Å². The molecule has 2 rings (SSSR count). The number of hydrogen-bond donors (Lipinski definition) is 7. The smallest absolute Gasteiger partial charge is 0.246 e. The zero-order chi connectivity index (χ0) is 56.9. The molecule has 1 aromatic rings. The quantitative estimate of drug-likeness (QED) is 0.0222. The van der Waals surface area contributed by atoms with Crippen molar-refractivity contribution >= 4 is 53.2 Å². The number of carbonyl (C=O) groups excluding carboxylic acids is 9. The van der Waals surface area contributed by atoms with E-state index in [-0.39, 0.29) is 75.0 Å². The second-order valence-electron chi connectivity index (χ2n) is 17.6. The van der Waals surface area contributed by atoms with E-state index >= 15 is 0 Å². The fourth-order valence-corrected chi connectivity index (χ4v) is 7.43. The Labute approximate surface area is 457 Å². The van der Waals surface area contributed by atoms with Crippen molar-refractivity contribution in [1.29, 1.82) is 0 Å². The Hall–Kier alpha value is -5.71. The number of nitrogens with one attached hydrogen (secondary N) is 7. The first-order chi connectivity index (χ1) is 37.9. The van der Waals surface area contributed by atoms with E-state index in [1.54, 1.807) is 30.3 Å². The third-order valence-corrected chi connectivity index (χ3v) is 11.7. The van der Waals surface area contributed by atoms with Gasteiger partial charge in [0.2, 0.25) is 53.2 Å². The van der Waals surface area contributed by atoms with Crippen LogP contribution in [0.15, 0.2) is 30.3 Å². The highest BCUT2D eigenvalue weighted by Gasteiger charge is 2.41. The van der Waals surface area contributed by atoms with Crippen LogP contribution in [0, 0.1) is 11.8 Å². The summed E-state index contributed by atoms with van der Waals surface area (Å²) < 4.78 is 48.6. The molecule has 1 fully saturated rings. The Balaban J connectivity index is 1.32. The maximum Gasteiger partial charge on any atom is 0.246 e. The van der Waals surface area contributed by atoms with Crippen molar-refractivity contribution in [3.8, 4) is 0 Å². The molecule has 1 saturated heterocycles. The van der Waals surface area contributed by atoms with Crippen molar-refractivity contribution in [2.45, 2.75) is 71.3 Å². The average molecular weight is 1110 g/mol. The van der Waals surface area contributed by atoms with Crippen LogP contribution in [0.1, 0.15) is 64.4 Å². The van der Waals surface area contributed by atoms with Crippen LogP contribution in [0.25, 0.3) is 0 Å². The van der Waals surface area contributed by atoms with Gasteiger partial charge in [0, 0.05) is 39.4 Å². The number of hydrogen-bond acceptors (Lipinski definition) is 18. The molecule has 9 amide bonds. The van der Waals surface area contributed by atoms with Crippen LogP contribution < -0.4 is 37.2 Å². The molecule has 1 unspecified atom stereocenters. The van der Waals surface area contributed by atoms with E-state index in [9.17, 15) is 43.2 Å². The average Bonchev–Trinajstić information content (AvgIpc) is 3.73. The van der Waals surface area contributed by atoms with Gasteiger partial charge in [0.25, 0.3) is 0 Å². The van der Waals surface area contributed by atoms with Crippen LogP contribution >= 0.6 is 0 Å². The molecule has 1 aliphatic rings. The highest BCUT2D eigenvalue weighted by atomic mass is 16.6. The highest BCUT2D eigenvalue weighted by Crippen LogP contribution is 2.31. The maximum atomic E-state index is 12.9. The molecule has 1 aromatic carbocycles. The van der Waals surface area contributed by atoms with Crippen molar-refractivity contribution in [2.75, 3.05) is 159 Å². The normalized spacial score (nSPS) is 13.5. The van der Waals surface area contributed by atoms with Crippen molar-refractivity contribution < 1.29 is 85.8 Å². The van der Waals surface area contributed by atoms with Gasteiger partial charge in [-0.2, -0.15) is 0 Å². The molecule has 0 bridgehead atoms. The van der Waals surface area contributed by atoms with E-state index < -0.39 is 55.2 Å². The number of benzene rings is 1. The molecule has 0 radical (unpaired) electrons. The van der Waals surface area contributed by atoms with E-state index in [0.29, 0.717) is 125 Å². The highest BCUT2D eigenvalue weighted by molar-refractivity contribution is 6.03. The van der Waals surface area contributed by atoms with Crippen molar-refractivity contribution in [2.24, 2.45) is 11.8 Å². The monoisotopic (exact) mass is 1110 g/mol. The molecule has 26 nitrogen and oxygen atoms in total. The first-order valence-corrected chi connectivity index (χ1v) is 26.8. The van der Waals surface area contributed by atoms with E-state index in [0.717, 1.165) is 24.8 Å². The van der Waals surface area contributed by atoms with Gasteiger partial charge in [-0.05, 0) is 24.3 Å². The van der Waals surface area contributed by atoms with Gasteiger partial charge in [0.1, 0.15) is 26.0 Å². The summed E-state index contributed by atoms with van der Waals surface area (Å²) in [4.78, 5) is 112. The van der Waals surface area contributed by atoms with Gasteiger partial charge in [0.05, 0.1) is 125 Å². The predicted molar refractivity (Wildman–Crippen MR) is 281 cm³/mol. The molecular weight excluding hydrogens is 1020 g/mol. The van der Waals surface area contributed by atoms with Crippen molar-refractivity contribution in [3.05, 3.63) is 35.9 Å². The molecule has 0 spiro atoms. The molecular formula is C52H86N8O18. The Kier molecular flexibility index (Phi) is 39.6. The van der Waals surface area contributed by atoms with E-state index in [1.807, 2.05) is 0 Å². The number of rotatable bonds is 49. The fourth-order valence-electron chi connectivity index (χ4n) is 7.43. The number of unbranched alkanes of at least 4 members (excludes halogenated alkanes) is 2. The van der Waals surface area contributed by atoms with Gasteiger partial charge < -0.3 is 79.8 Å². The number of imide groups is 1. The zero-order valence-corrected chi connectivity index (χ0v) is 45.8. The molecule has 78 heavy (non-hydrogen) atoms. The molecule has 0 aromatic heterocycles. The van der Waals surface area contributed by atoms with Crippen LogP contribution in [0.4, 0.5) is 0 Å². The summed E-state index contributed by atoms with van der Waals surface area (Å²) in [5.74, 6) is -3.58. The SMILES string of the molecule is CCC(CC)C1CC(=O)N(CCCCCC(=O)NCCOCCOCCOCCOCCOCCOCCOCCOCC(=O)NCC(=O)NCC(=O)N[C@@H](Cc2ccccc2)C(=O)NCC(=O)NCOCC(=O)NC)C1=O. The second kappa shape index (κ2) is 45.2. The van der Waals surface area contributed by atoms with Gasteiger partial charge in [-0.25, -0.2) is 0 Å². The lowest BCUT2D eigenvalue weighted by Gasteiger charge is -2.19. The topological polar surface area (TPSA) is 324 Å². The minimum absolute atomic E-state index is 0.0350. The zero-order valence-electron chi connectivity index (χ0n) is 45.8. The molecule has 26 heteroatoms. The molecule has 0 aliphatic carbocycles. The molecule has 442 valence electrons. The summed E-state index contributed by atoms with van der Waals surface area (Å²) in [7, 11) is 1.44. The Bertz CT molecular complexity index is 1880. The summed E-state index contributed by atoms with van der Waals surface area (Å²) in [5.41, 5.74) is 0.733. The molecule has 1 heterocycles. The van der Waals surface area contributed by atoms with Crippen molar-refractivity contribution in [1.82, 2.24) is 42.1 Å². The first-order valence-electron chi connectivity index (χ1n) is 26.8. The van der Waals surface area contributed by atoms with Crippen LogP contribution in [0.2, 0.25) is 0 Å². The minimum atomic E-state index is -1.08. The van der Waals surface area contributed by atoms with Crippen LogP contribution in [-0.4, -0.2) is 223 Å². The molecule has 2 atom stereocenters. The van der Waals surface area contributed by atoms with Gasteiger partial charge >= 0.3 is 0 Å². The second-order valence-corrected chi connectivity index (χ2v) is 17.6. The van der Waals surface area contributed by atoms with Gasteiger partial charge in [-0.1, -0.05) is 63.4 Å².